The maximum absolute atomic E-state index is 13.2. The summed E-state index contributed by atoms with van der Waals surface area (Å²) in [5.41, 5.74) is 0.394. The van der Waals surface area contributed by atoms with E-state index in [-0.39, 0.29) is 13.0 Å². The van der Waals surface area contributed by atoms with Crippen LogP contribution in [0, 0.1) is 11.6 Å². The molecule has 2 unspecified atom stereocenters. The number of methoxy groups -OCH3 is 1. The predicted molar refractivity (Wildman–Crippen MR) is 74.5 cm³/mol. The van der Waals surface area contributed by atoms with Crippen molar-refractivity contribution in [2.24, 2.45) is 0 Å². The minimum atomic E-state index is -3.68. The first kappa shape index (κ1) is 18.0. The third-order valence-corrected chi connectivity index (χ3v) is 3.42. The molecule has 1 N–H and O–H groups in total. The number of benzene rings is 1. The van der Waals surface area contributed by atoms with Gasteiger partial charge in [0.05, 0.1) is 12.9 Å². The van der Waals surface area contributed by atoms with Gasteiger partial charge in [-0.3, -0.25) is 4.18 Å². The molecular formula is C13H19F2NO4S. The zero-order valence-corrected chi connectivity index (χ0v) is 12.9. The van der Waals surface area contributed by atoms with Crippen LogP contribution in [0.3, 0.4) is 0 Å². The summed E-state index contributed by atoms with van der Waals surface area (Å²) in [7, 11) is -0.662. The van der Waals surface area contributed by atoms with Gasteiger partial charge in [0.25, 0.3) is 10.1 Å². The van der Waals surface area contributed by atoms with E-state index in [2.05, 4.69) is 5.32 Å². The normalized spacial score (nSPS) is 14.9. The van der Waals surface area contributed by atoms with Gasteiger partial charge in [-0.15, -0.1) is 0 Å². The Morgan fingerprint density at radius 2 is 1.81 bits per heavy atom. The molecule has 0 heterocycles. The van der Waals surface area contributed by atoms with Gasteiger partial charge < -0.3 is 10.1 Å². The third-order valence-electron chi connectivity index (χ3n) is 2.83. The molecule has 0 saturated carbocycles. The molecule has 5 nitrogen and oxygen atoms in total. The standard InChI is InChI=1S/C13H19F2NO4S/c1-16-12(13(8-19-2)20-21(3,17)18)6-9-4-10(14)7-11(15)5-9/h4-5,7,12-13,16H,6,8H2,1-3H3. The van der Waals surface area contributed by atoms with E-state index in [1.54, 1.807) is 7.05 Å². The van der Waals surface area contributed by atoms with Crippen LogP contribution < -0.4 is 5.32 Å². The summed E-state index contributed by atoms with van der Waals surface area (Å²) in [6.45, 7) is 0.0242. The minimum Gasteiger partial charge on any atom is -0.382 e. The molecule has 8 heteroatoms. The summed E-state index contributed by atoms with van der Waals surface area (Å²) in [5, 5.41) is 2.88. The summed E-state index contributed by atoms with van der Waals surface area (Å²) in [5.74, 6) is -1.38. The fourth-order valence-electron chi connectivity index (χ4n) is 2.00. The second kappa shape index (κ2) is 7.79. The van der Waals surface area contributed by atoms with Crippen LogP contribution >= 0.6 is 0 Å². The highest BCUT2D eigenvalue weighted by Gasteiger charge is 2.25. The van der Waals surface area contributed by atoms with E-state index in [4.69, 9.17) is 8.92 Å². The molecule has 2 atom stereocenters. The van der Waals surface area contributed by atoms with Crippen molar-refractivity contribution >= 4 is 10.1 Å². The first-order valence-corrected chi connectivity index (χ1v) is 8.06. The molecule has 0 aliphatic rings. The highest BCUT2D eigenvalue weighted by Crippen LogP contribution is 2.14. The van der Waals surface area contributed by atoms with Crippen LogP contribution in [0.15, 0.2) is 18.2 Å². The molecule has 1 aromatic carbocycles. The minimum absolute atomic E-state index is 0.0242. The largest absolute Gasteiger partial charge is 0.382 e. The van der Waals surface area contributed by atoms with Crippen molar-refractivity contribution in [3.63, 3.8) is 0 Å². The zero-order valence-electron chi connectivity index (χ0n) is 12.1. The Bertz CT molecular complexity index is 545. The average molecular weight is 323 g/mol. The van der Waals surface area contributed by atoms with Gasteiger partial charge in [0.2, 0.25) is 0 Å². The quantitative estimate of drug-likeness (QED) is 0.726. The number of ether oxygens (including phenoxy) is 1. The number of hydrogen-bond donors (Lipinski definition) is 1. The summed E-state index contributed by atoms with van der Waals surface area (Å²) in [6.07, 6.45) is 0.320. The van der Waals surface area contributed by atoms with Crippen LogP contribution in [0.5, 0.6) is 0 Å². The summed E-state index contributed by atoms with van der Waals surface area (Å²) in [6, 6.07) is 2.67. The molecule has 0 aliphatic heterocycles. The van der Waals surface area contributed by atoms with Crippen molar-refractivity contribution in [1.29, 1.82) is 0 Å². The number of halogens is 2. The van der Waals surface area contributed by atoms with Crippen LogP contribution in [-0.4, -0.2) is 47.6 Å². The summed E-state index contributed by atoms with van der Waals surface area (Å²) >= 11 is 0. The molecule has 21 heavy (non-hydrogen) atoms. The van der Waals surface area contributed by atoms with Crippen molar-refractivity contribution in [3.8, 4) is 0 Å². The van der Waals surface area contributed by atoms with E-state index in [0.29, 0.717) is 5.56 Å². The highest BCUT2D eigenvalue weighted by atomic mass is 32.2. The van der Waals surface area contributed by atoms with E-state index in [0.717, 1.165) is 12.3 Å². The Labute approximate surface area is 123 Å². The van der Waals surface area contributed by atoms with Crippen molar-refractivity contribution < 1.29 is 26.1 Å². The molecule has 0 amide bonds. The van der Waals surface area contributed by atoms with Gasteiger partial charge >= 0.3 is 0 Å². The Morgan fingerprint density at radius 1 is 1.24 bits per heavy atom. The molecule has 120 valence electrons. The maximum atomic E-state index is 13.2. The second-order valence-corrected chi connectivity index (χ2v) is 6.27. The molecule has 0 aromatic heterocycles. The van der Waals surface area contributed by atoms with E-state index in [1.165, 1.54) is 19.2 Å². The van der Waals surface area contributed by atoms with Gasteiger partial charge in [0.1, 0.15) is 17.7 Å². The van der Waals surface area contributed by atoms with Crippen molar-refractivity contribution in [3.05, 3.63) is 35.4 Å². The highest BCUT2D eigenvalue weighted by molar-refractivity contribution is 7.86. The Balaban J connectivity index is 2.92. The smallest absolute Gasteiger partial charge is 0.264 e. The van der Waals surface area contributed by atoms with Crippen LogP contribution in [0.1, 0.15) is 5.56 Å². The average Bonchev–Trinajstić information content (AvgIpc) is 2.32. The van der Waals surface area contributed by atoms with Crippen molar-refractivity contribution in [2.45, 2.75) is 18.6 Å². The van der Waals surface area contributed by atoms with Crippen molar-refractivity contribution in [1.82, 2.24) is 5.32 Å². The Hall–Kier alpha value is -1.09. The zero-order chi connectivity index (χ0) is 16.0. The molecular weight excluding hydrogens is 304 g/mol. The van der Waals surface area contributed by atoms with Gasteiger partial charge in [-0.05, 0) is 31.2 Å². The Kier molecular flexibility index (Phi) is 6.66. The lowest BCUT2D eigenvalue weighted by molar-refractivity contribution is 0.0625. The van der Waals surface area contributed by atoms with Crippen LogP contribution in [-0.2, 0) is 25.5 Å². The van der Waals surface area contributed by atoms with Crippen LogP contribution in [0.25, 0.3) is 0 Å². The van der Waals surface area contributed by atoms with Crippen LogP contribution in [0.2, 0.25) is 0 Å². The molecule has 0 radical (unpaired) electrons. The fraction of sp³-hybridized carbons (Fsp3) is 0.538. The van der Waals surface area contributed by atoms with Crippen molar-refractivity contribution in [2.75, 3.05) is 27.0 Å². The molecule has 0 fully saturated rings. The number of nitrogens with one attached hydrogen (secondary N) is 1. The van der Waals surface area contributed by atoms with Crippen LogP contribution in [0.4, 0.5) is 8.78 Å². The SMILES string of the molecule is CNC(Cc1cc(F)cc(F)c1)C(COC)OS(C)(=O)=O. The van der Waals surface area contributed by atoms with Gasteiger partial charge in [-0.1, -0.05) is 0 Å². The first-order valence-electron chi connectivity index (χ1n) is 6.24. The first-order chi connectivity index (χ1) is 9.75. The lowest BCUT2D eigenvalue weighted by Crippen LogP contribution is -2.44. The lowest BCUT2D eigenvalue weighted by atomic mass is 10.0. The molecule has 0 saturated heterocycles. The van der Waals surface area contributed by atoms with Gasteiger partial charge in [0, 0.05) is 19.2 Å². The fourth-order valence-corrected chi connectivity index (χ4v) is 2.64. The van der Waals surface area contributed by atoms with E-state index < -0.39 is 33.9 Å². The van der Waals surface area contributed by atoms with Gasteiger partial charge in [0.15, 0.2) is 0 Å². The maximum Gasteiger partial charge on any atom is 0.264 e. The second-order valence-electron chi connectivity index (χ2n) is 4.67. The van der Waals surface area contributed by atoms with E-state index >= 15 is 0 Å². The molecule has 0 bridgehead atoms. The third kappa shape index (κ3) is 6.47. The van der Waals surface area contributed by atoms with Gasteiger partial charge in [-0.2, -0.15) is 8.42 Å². The number of hydrogen-bond acceptors (Lipinski definition) is 5. The van der Waals surface area contributed by atoms with E-state index in [1.807, 2.05) is 0 Å². The van der Waals surface area contributed by atoms with Gasteiger partial charge in [-0.25, -0.2) is 8.78 Å². The molecule has 0 aliphatic carbocycles. The van der Waals surface area contributed by atoms with E-state index in [9.17, 15) is 17.2 Å². The molecule has 1 aromatic rings. The lowest BCUT2D eigenvalue weighted by Gasteiger charge is -2.25. The predicted octanol–water partition coefficient (Wildman–Crippen LogP) is 1.09. The molecule has 0 spiro atoms. The summed E-state index contributed by atoms with van der Waals surface area (Å²) in [4.78, 5) is 0. The Morgan fingerprint density at radius 3 is 2.24 bits per heavy atom. The molecule has 1 rings (SSSR count). The monoisotopic (exact) mass is 323 g/mol. The number of likely N-dealkylation sites (N-methyl/N-ethyl adjacent to an activating group) is 1. The topological polar surface area (TPSA) is 64.6 Å². The summed E-state index contributed by atoms with van der Waals surface area (Å²) < 4.78 is 58.8. The number of rotatable bonds is 8.